The van der Waals surface area contributed by atoms with Crippen LogP contribution in [0.4, 0.5) is 0 Å². The lowest BCUT2D eigenvalue weighted by Crippen LogP contribution is -2.42. The minimum Gasteiger partial charge on any atom is -0.508 e. The number of aliphatic imine (C=N–C) groups is 1. The van der Waals surface area contributed by atoms with Gasteiger partial charge in [-0.05, 0) is 69.3 Å². The number of piperidine rings is 1. The Morgan fingerprint density at radius 3 is 2.52 bits per heavy atom. The largest absolute Gasteiger partial charge is 0.508 e. The molecule has 0 radical (unpaired) electrons. The normalized spacial score (nSPS) is 16.0. The highest BCUT2D eigenvalue weighted by Gasteiger charge is 2.24. The van der Waals surface area contributed by atoms with E-state index in [4.69, 9.17) is 9.41 Å². The molecule has 4 N–H and O–H groups in total. The molecule has 1 unspecified atom stereocenters. The number of nitrogens with zero attached hydrogens (tertiary/aromatic N) is 2. The van der Waals surface area contributed by atoms with Gasteiger partial charge < -0.3 is 25.5 Å². The molecule has 0 aliphatic carbocycles. The molecule has 0 spiro atoms. The highest BCUT2D eigenvalue weighted by molar-refractivity contribution is 5.94. The quantitative estimate of drug-likeness (QED) is 0.279. The fourth-order valence-corrected chi connectivity index (χ4v) is 3.69. The van der Waals surface area contributed by atoms with Gasteiger partial charge >= 0.3 is 0 Å². The molecular weight excluding hydrogens is 394 g/mol. The maximum atomic E-state index is 12.2. The summed E-state index contributed by atoms with van der Waals surface area (Å²) in [5, 5.41) is 18.7. The number of nitrogens with one attached hydrogen (secondary N) is 3. The second-order valence-corrected chi connectivity index (χ2v) is 7.58. The molecule has 1 fully saturated rings. The number of carbonyl (C=O) groups is 1. The van der Waals surface area contributed by atoms with E-state index >= 15 is 0 Å². The number of carbonyl (C=O) groups excluding carboxylic acids is 1. The SMILES string of the molecule is CCNC(=NCC(c1ccco1)N1CCCCC1)NCCNC(=O)c1ccc(O)cc1. The van der Waals surface area contributed by atoms with E-state index in [-0.39, 0.29) is 17.7 Å². The molecule has 1 aromatic carbocycles. The molecule has 168 valence electrons. The summed E-state index contributed by atoms with van der Waals surface area (Å²) < 4.78 is 5.70. The van der Waals surface area contributed by atoms with E-state index in [1.807, 2.05) is 19.1 Å². The molecule has 1 aromatic heterocycles. The Labute approximate surface area is 183 Å². The average Bonchev–Trinajstić information content (AvgIpc) is 3.32. The Bertz CT molecular complexity index is 814. The third-order valence-electron chi connectivity index (χ3n) is 5.30. The summed E-state index contributed by atoms with van der Waals surface area (Å²) >= 11 is 0. The lowest BCUT2D eigenvalue weighted by atomic mass is 10.1. The van der Waals surface area contributed by atoms with E-state index in [1.165, 1.54) is 31.4 Å². The molecule has 8 heteroatoms. The molecule has 31 heavy (non-hydrogen) atoms. The van der Waals surface area contributed by atoms with Crippen molar-refractivity contribution >= 4 is 11.9 Å². The standard InChI is InChI=1S/C23H33N5O3/c1-2-24-23(26-13-12-25-22(30)18-8-10-19(29)11-9-18)27-17-20(21-7-6-16-31-21)28-14-4-3-5-15-28/h6-11,16,20,29H,2-5,12-15,17H2,1H3,(H,25,30)(H2,24,26,27). The topological polar surface area (TPSA) is 102 Å². The maximum absolute atomic E-state index is 12.2. The van der Waals surface area contributed by atoms with E-state index in [0.717, 1.165) is 31.4 Å². The number of guanidine groups is 1. The molecule has 2 heterocycles. The van der Waals surface area contributed by atoms with Gasteiger partial charge in [0.25, 0.3) is 5.91 Å². The molecule has 1 amide bonds. The molecular formula is C23H33N5O3. The number of furan rings is 1. The van der Waals surface area contributed by atoms with Crippen LogP contribution in [0.15, 0.2) is 52.1 Å². The molecule has 1 atom stereocenters. The summed E-state index contributed by atoms with van der Waals surface area (Å²) in [6.07, 6.45) is 5.42. The minimum absolute atomic E-state index is 0.125. The van der Waals surface area contributed by atoms with E-state index in [0.29, 0.717) is 25.2 Å². The third-order valence-corrected chi connectivity index (χ3v) is 5.30. The van der Waals surface area contributed by atoms with Gasteiger partial charge in [0.2, 0.25) is 0 Å². The highest BCUT2D eigenvalue weighted by Crippen LogP contribution is 2.25. The van der Waals surface area contributed by atoms with E-state index in [2.05, 4.69) is 20.9 Å². The fraction of sp³-hybridized carbons (Fsp3) is 0.478. The van der Waals surface area contributed by atoms with Gasteiger partial charge in [-0.15, -0.1) is 0 Å². The van der Waals surface area contributed by atoms with Crippen molar-refractivity contribution in [3.05, 3.63) is 54.0 Å². The number of aromatic hydroxyl groups is 1. The number of hydrogen-bond acceptors (Lipinski definition) is 5. The summed E-state index contributed by atoms with van der Waals surface area (Å²) in [5.41, 5.74) is 0.515. The number of phenolic OH excluding ortho intramolecular Hbond substituents is 1. The Morgan fingerprint density at radius 2 is 1.84 bits per heavy atom. The monoisotopic (exact) mass is 427 g/mol. The van der Waals surface area contributed by atoms with Crippen molar-refractivity contribution in [2.24, 2.45) is 4.99 Å². The van der Waals surface area contributed by atoms with Gasteiger partial charge in [0.1, 0.15) is 11.5 Å². The van der Waals surface area contributed by atoms with Crippen LogP contribution in [0.3, 0.4) is 0 Å². The number of rotatable bonds is 9. The first-order chi connectivity index (χ1) is 15.2. The van der Waals surface area contributed by atoms with E-state index in [1.54, 1.807) is 18.4 Å². The van der Waals surface area contributed by atoms with Crippen LogP contribution < -0.4 is 16.0 Å². The maximum Gasteiger partial charge on any atom is 0.251 e. The highest BCUT2D eigenvalue weighted by atomic mass is 16.3. The van der Waals surface area contributed by atoms with E-state index in [9.17, 15) is 9.90 Å². The zero-order valence-electron chi connectivity index (χ0n) is 18.1. The Balaban J connectivity index is 1.52. The first-order valence-corrected chi connectivity index (χ1v) is 11.0. The summed E-state index contributed by atoms with van der Waals surface area (Å²) in [7, 11) is 0. The molecule has 1 aliphatic heterocycles. The van der Waals surface area contributed by atoms with Crippen LogP contribution in [0.1, 0.15) is 48.3 Å². The summed E-state index contributed by atoms with van der Waals surface area (Å²) in [6.45, 7) is 6.51. The Hall–Kier alpha value is -3.00. The first-order valence-electron chi connectivity index (χ1n) is 11.0. The van der Waals surface area contributed by atoms with Crippen LogP contribution >= 0.6 is 0 Å². The lowest BCUT2D eigenvalue weighted by Gasteiger charge is -2.32. The number of likely N-dealkylation sites (tertiary alicyclic amines) is 1. The van der Waals surface area contributed by atoms with Crippen LogP contribution in [0.5, 0.6) is 5.75 Å². The molecule has 8 nitrogen and oxygen atoms in total. The van der Waals surface area contributed by atoms with Gasteiger partial charge in [0, 0.05) is 25.2 Å². The molecule has 1 aliphatic rings. The van der Waals surface area contributed by atoms with Crippen LogP contribution in [-0.4, -0.2) is 61.1 Å². The van der Waals surface area contributed by atoms with Gasteiger partial charge in [-0.2, -0.15) is 0 Å². The predicted octanol–water partition coefficient (Wildman–Crippen LogP) is 2.50. The van der Waals surface area contributed by atoms with Gasteiger partial charge in [-0.25, -0.2) is 0 Å². The summed E-state index contributed by atoms with van der Waals surface area (Å²) in [6, 6.07) is 10.3. The van der Waals surface area contributed by atoms with Gasteiger partial charge in [0.05, 0.1) is 18.8 Å². The van der Waals surface area contributed by atoms with Crippen LogP contribution in [0.25, 0.3) is 0 Å². The van der Waals surface area contributed by atoms with Crippen LogP contribution in [0, 0.1) is 0 Å². The van der Waals surface area contributed by atoms with Crippen molar-refractivity contribution in [1.82, 2.24) is 20.9 Å². The zero-order chi connectivity index (χ0) is 21.9. The lowest BCUT2D eigenvalue weighted by molar-refractivity contribution is 0.0954. The van der Waals surface area contributed by atoms with Crippen molar-refractivity contribution < 1.29 is 14.3 Å². The Morgan fingerprint density at radius 1 is 1.10 bits per heavy atom. The van der Waals surface area contributed by atoms with Crippen molar-refractivity contribution in [3.8, 4) is 5.75 Å². The zero-order valence-corrected chi connectivity index (χ0v) is 18.1. The molecule has 1 saturated heterocycles. The summed E-state index contributed by atoms with van der Waals surface area (Å²) in [5.74, 6) is 1.63. The predicted molar refractivity (Wildman–Crippen MR) is 121 cm³/mol. The minimum atomic E-state index is -0.174. The second-order valence-electron chi connectivity index (χ2n) is 7.58. The number of hydrogen-bond donors (Lipinski definition) is 4. The van der Waals surface area contributed by atoms with Crippen molar-refractivity contribution in [3.63, 3.8) is 0 Å². The van der Waals surface area contributed by atoms with Gasteiger partial charge in [-0.3, -0.25) is 14.7 Å². The molecule has 0 bridgehead atoms. The first kappa shape index (κ1) is 22.7. The van der Waals surface area contributed by atoms with Crippen LogP contribution in [0.2, 0.25) is 0 Å². The molecule has 2 aromatic rings. The fourth-order valence-electron chi connectivity index (χ4n) is 3.69. The summed E-state index contributed by atoms with van der Waals surface area (Å²) in [4.78, 5) is 19.4. The molecule has 0 saturated carbocycles. The van der Waals surface area contributed by atoms with Gasteiger partial charge in [0.15, 0.2) is 5.96 Å². The Kier molecular flexibility index (Phi) is 8.78. The van der Waals surface area contributed by atoms with Crippen molar-refractivity contribution in [1.29, 1.82) is 0 Å². The number of benzene rings is 1. The van der Waals surface area contributed by atoms with E-state index < -0.39 is 0 Å². The smallest absolute Gasteiger partial charge is 0.251 e. The number of phenols is 1. The third kappa shape index (κ3) is 7.03. The van der Waals surface area contributed by atoms with Crippen molar-refractivity contribution in [2.75, 3.05) is 39.3 Å². The average molecular weight is 428 g/mol. The second kappa shape index (κ2) is 12.0. The van der Waals surface area contributed by atoms with Crippen LogP contribution in [-0.2, 0) is 0 Å². The number of amides is 1. The molecule has 3 rings (SSSR count). The van der Waals surface area contributed by atoms with Crippen molar-refractivity contribution in [2.45, 2.75) is 32.2 Å². The van der Waals surface area contributed by atoms with Gasteiger partial charge in [-0.1, -0.05) is 6.42 Å².